The minimum Gasteiger partial charge on any atom is -0.478 e. The highest BCUT2D eigenvalue weighted by molar-refractivity contribution is 8.13. The Morgan fingerprint density at radius 1 is 1.23 bits per heavy atom. The lowest BCUT2D eigenvalue weighted by Crippen LogP contribution is -1.94. The van der Waals surface area contributed by atoms with E-state index in [1.807, 2.05) is 0 Å². The Morgan fingerprint density at radius 3 is 2.15 bits per heavy atom. The number of carboxylic acids is 1. The summed E-state index contributed by atoms with van der Waals surface area (Å²) in [5.74, 6) is -1.05. The summed E-state index contributed by atoms with van der Waals surface area (Å²) in [6.45, 7) is 0. The Kier molecular flexibility index (Phi) is 3.02. The number of rotatable bonds is 2. The van der Waals surface area contributed by atoms with Gasteiger partial charge >= 0.3 is 11.3 Å². The van der Waals surface area contributed by atoms with E-state index in [1.165, 1.54) is 24.3 Å². The Bertz CT molecular complexity index is 334. The molecule has 0 aromatic heterocycles. The topological polar surface area (TPSA) is 54.4 Å². The van der Waals surface area contributed by atoms with Crippen LogP contribution < -0.4 is 0 Å². The molecule has 0 aliphatic carbocycles. The molecule has 3 nitrogen and oxygen atoms in total. The fourth-order valence-electron chi connectivity index (χ4n) is 0.758. The van der Waals surface area contributed by atoms with Crippen LogP contribution in [0.25, 0.3) is 0 Å². The van der Waals surface area contributed by atoms with Crippen molar-refractivity contribution < 1.29 is 19.1 Å². The maximum absolute atomic E-state index is 11.9. The monoisotopic (exact) mass is 200 g/mol. The number of halogens is 1. The van der Waals surface area contributed by atoms with Gasteiger partial charge in [0.2, 0.25) is 0 Å². The molecule has 0 radical (unpaired) electrons. The molecule has 68 valence electrons. The summed E-state index contributed by atoms with van der Waals surface area (Å²) in [6.07, 6.45) is 0. The van der Waals surface area contributed by atoms with Gasteiger partial charge in [-0.3, -0.25) is 0 Å². The van der Waals surface area contributed by atoms with Crippen LogP contribution in [0.5, 0.6) is 0 Å². The summed E-state index contributed by atoms with van der Waals surface area (Å²) in [4.78, 5) is 20.8. The maximum atomic E-state index is 11.9. The summed E-state index contributed by atoms with van der Waals surface area (Å²) < 4.78 is 11.9. The second-order valence-corrected chi connectivity index (χ2v) is 3.17. The molecule has 0 unspecified atom stereocenters. The third-order valence-electron chi connectivity index (χ3n) is 1.30. The highest BCUT2D eigenvalue weighted by Crippen LogP contribution is 2.20. The first-order chi connectivity index (χ1) is 6.09. The predicted molar refractivity (Wildman–Crippen MR) is 45.8 cm³/mol. The molecule has 0 amide bonds. The molecule has 0 bridgehead atoms. The molecular weight excluding hydrogens is 195 g/mol. The maximum Gasteiger partial charge on any atom is 0.364 e. The van der Waals surface area contributed by atoms with E-state index in [4.69, 9.17) is 5.11 Å². The summed E-state index contributed by atoms with van der Waals surface area (Å²) in [5, 5.41) is 7.00. The van der Waals surface area contributed by atoms with Crippen LogP contribution in [0.3, 0.4) is 0 Å². The van der Waals surface area contributed by atoms with Gasteiger partial charge in [0.15, 0.2) is 0 Å². The van der Waals surface area contributed by atoms with Crippen LogP contribution >= 0.6 is 11.8 Å². The van der Waals surface area contributed by atoms with Gasteiger partial charge in [0.25, 0.3) is 0 Å². The average molecular weight is 200 g/mol. The highest BCUT2D eigenvalue weighted by atomic mass is 32.2. The standard InChI is InChI=1S/C8H5FO3S/c9-8(12)13-6-3-1-5(2-4-6)7(10)11/h1-4H,(H,10,11). The average Bonchev–Trinajstić information content (AvgIpc) is 2.04. The lowest BCUT2D eigenvalue weighted by molar-refractivity contribution is 0.0697. The van der Waals surface area contributed by atoms with Gasteiger partial charge in [-0.1, -0.05) is 0 Å². The molecule has 13 heavy (non-hydrogen) atoms. The van der Waals surface area contributed by atoms with E-state index in [-0.39, 0.29) is 5.56 Å². The van der Waals surface area contributed by atoms with Gasteiger partial charge in [0.1, 0.15) is 0 Å². The molecule has 0 aliphatic rings. The van der Waals surface area contributed by atoms with E-state index in [9.17, 15) is 14.0 Å². The van der Waals surface area contributed by atoms with Crippen molar-refractivity contribution in [1.29, 1.82) is 0 Å². The molecule has 1 rings (SSSR count). The number of hydrogen-bond donors (Lipinski definition) is 1. The number of aromatic carboxylic acids is 1. The number of carboxylic acid groups (broad SMARTS) is 1. The van der Waals surface area contributed by atoms with Crippen LogP contribution in [0.2, 0.25) is 0 Å². The Balaban J connectivity index is 2.81. The van der Waals surface area contributed by atoms with Crippen LogP contribution in [0.15, 0.2) is 29.2 Å². The largest absolute Gasteiger partial charge is 0.478 e. The van der Waals surface area contributed by atoms with Gasteiger partial charge < -0.3 is 5.11 Å². The predicted octanol–water partition coefficient (Wildman–Crippen LogP) is 2.57. The van der Waals surface area contributed by atoms with Gasteiger partial charge in [-0.2, -0.15) is 4.39 Å². The van der Waals surface area contributed by atoms with E-state index in [0.717, 1.165) is 0 Å². The third kappa shape index (κ3) is 2.87. The van der Waals surface area contributed by atoms with Gasteiger partial charge in [-0.15, -0.1) is 0 Å². The summed E-state index contributed by atoms with van der Waals surface area (Å²) in [5.41, 5.74) is 0.107. The molecule has 0 atom stereocenters. The van der Waals surface area contributed by atoms with E-state index in [1.54, 1.807) is 0 Å². The molecule has 1 aromatic carbocycles. The summed E-state index contributed by atoms with van der Waals surface area (Å²) in [7, 11) is 0. The summed E-state index contributed by atoms with van der Waals surface area (Å²) >= 11 is 0.420. The van der Waals surface area contributed by atoms with Crippen molar-refractivity contribution in [3.63, 3.8) is 0 Å². The lowest BCUT2D eigenvalue weighted by atomic mass is 10.2. The van der Waals surface area contributed by atoms with Crippen LogP contribution in [0, 0.1) is 0 Å². The summed E-state index contributed by atoms with van der Waals surface area (Å²) in [6, 6.07) is 5.39. The van der Waals surface area contributed by atoms with Crippen molar-refractivity contribution in [1.82, 2.24) is 0 Å². The number of thioether (sulfide) groups is 1. The van der Waals surface area contributed by atoms with Gasteiger partial charge in [-0.05, 0) is 36.0 Å². The molecule has 5 heteroatoms. The molecule has 0 saturated heterocycles. The molecule has 0 saturated carbocycles. The molecule has 0 heterocycles. The van der Waals surface area contributed by atoms with E-state index in [0.29, 0.717) is 16.7 Å². The fourth-order valence-corrected chi connectivity index (χ4v) is 1.22. The fraction of sp³-hybridized carbons (Fsp3) is 0. The van der Waals surface area contributed by atoms with Crippen molar-refractivity contribution in [2.45, 2.75) is 4.90 Å². The molecule has 1 aromatic rings. The van der Waals surface area contributed by atoms with Gasteiger partial charge in [0.05, 0.1) is 5.56 Å². The van der Waals surface area contributed by atoms with E-state index < -0.39 is 11.3 Å². The number of carbonyl (C=O) groups excluding carboxylic acids is 1. The van der Waals surface area contributed by atoms with Crippen molar-refractivity contribution >= 4 is 23.1 Å². The molecular formula is C8H5FO3S. The minimum atomic E-state index is -1.51. The molecule has 0 fully saturated rings. The van der Waals surface area contributed by atoms with Crippen molar-refractivity contribution in [3.8, 4) is 0 Å². The Labute approximate surface area is 77.6 Å². The molecule has 0 aliphatic heterocycles. The number of hydrogen-bond acceptors (Lipinski definition) is 3. The SMILES string of the molecule is O=C(F)Sc1ccc(C(=O)O)cc1. The van der Waals surface area contributed by atoms with Crippen LogP contribution in [-0.4, -0.2) is 16.4 Å². The smallest absolute Gasteiger partial charge is 0.364 e. The quantitative estimate of drug-likeness (QED) is 0.588. The zero-order valence-corrected chi connectivity index (χ0v) is 7.18. The zero-order valence-electron chi connectivity index (χ0n) is 6.36. The number of carbonyl (C=O) groups is 2. The van der Waals surface area contributed by atoms with Crippen molar-refractivity contribution in [2.24, 2.45) is 0 Å². The first-order valence-corrected chi connectivity index (χ1v) is 4.12. The van der Waals surface area contributed by atoms with Crippen molar-refractivity contribution in [2.75, 3.05) is 0 Å². The first-order valence-electron chi connectivity index (χ1n) is 3.30. The van der Waals surface area contributed by atoms with Gasteiger partial charge in [0, 0.05) is 4.90 Å². The van der Waals surface area contributed by atoms with Crippen LogP contribution in [0.4, 0.5) is 9.18 Å². The lowest BCUT2D eigenvalue weighted by Gasteiger charge is -1.96. The van der Waals surface area contributed by atoms with E-state index in [2.05, 4.69) is 0 Å². The molecule has 1 N–H and O–H groups in total. The Hall–Kier alpha value is -1.36. The highest BCUT2D eigenvalue weighted by Gasteiger charge is 2.04. The second-order valence-electron chi connectivity index (χ2n) is 2.17. The van der Waals surface area contributed by atoms with Crippen LogP contribution in [-0.2, 0) is 0 Å². The van der Waals surface area contributed by atoms with Crippen molar-refractivity contribution in [3.05, 3.63) is 29.8 Å². The Morgan fingerprint density at radius 2 is 1.77 bits per heavy atom. The normalized spacial score (nSPS) is 9.62. The minimum absolute atomic E-state index is 0.107. The first kappa shape index (κ1) is 9.73. The van der Waals surface area contributed by atoms with E-state index >= 15 is 0 Å². The third-order valence-corrected chi connectivity index (χ3v) is 1.97. The number of benzene rings is 1. The molecule has 0 spiro atoms. The van der Waals surface area contributed by atoms with Gasteiger partial charge in [-0.25, -0.2) is 9.59 Å². The zero-order chi connectivity index (χ0) is 9.84. The van der Waals surface area contributed by atoms with Crippen LogP contribution in [0.1, 0.15) is 10.4 Å². The second kappa shape index (κ2) is 4.04.